The highest BCUT2D eigenvalue weighted by molar-refractivity contribution is 5.85. The Hall–Kier alpha value is -3.74. The lowest BCUT2D eigenvalue weighted by Gasteiger charge is -2.00. The first-order valence-electron chi connectivity index (χ1n) is 7.89. The molecule has 0 saturated heterocycles. The normalized spacial score (nSPS) is 11.4. The fourth-order valence-corrected chi connectivity index (χ4v) is 2.58. The van der Waals surface area contributed by atoms with Gasteiger partial charge in [-0.25, -0.2) is 14.8 Å². The number of hydrogen-bond donors (Lipinski definition) is 2. The summed E-state index contributed by atoms with van der Waals surface area (Å²) >= 11 is 0. The maximum Gasteiger partial charge on any atom is 0.348 e. The van der Waals surface area contributed by atoms with Crippen molar-refractivity contribution < 1.29 is 9.52 Å². The zero-order valence-electron chi connectivity index (χ0n) is 13.8. The predicted octanol–water partition coefficient (Wildman–Crippen LogP) is 3.34. The number of pyridine rings is 1. The highest BCUT2D eigenvalue weighted by Crippen LogP contribution is 2.24. The minimum Gasteiger partial charge on any atom is -0.507 e. The number of rotatable bonds is 3. The second-order valence-corrected chi connectivity index (χ2v) is 5.71. The molecule has 2 N–H and O–H groups in total. The largest absolute Gasteiger partial charge is 0.507 e. The molecule has 0 spiro atoms. The fraction of sp³-hybridized carbons (Fsp3) is 0.0526. The molecule has 7 heteroatoms. The predicted molar refractivity (Wildman–Crippen MR) is 98.0 cm³/mol. The molecule has 0 saturated carbocycles. The van der Waals surface area contributed by atoms with Gasteiger partial charge in [-0.1, -0.05) is 12.1 Å². The molecule has 1 aromatic carbocycles. The molecule has 0 bridgehead atoms. The fourth-order valence-electron chi connectivity index (χ4n) is 2.58. The second kappa shape index (κ2) is 6.29. The molecule has 7 nitrogen and oxygen atoms in total. The Bertz CT molecular complexity index is 1160. The number of aromatic hydroxyl groups is 1. The molecule has 0 atom stereocenters. The van der Waals surface area contributed by atoms with Gasteiger partial charge in [0.15, 0.2) is 5.65 Å². The SMILES string of the molecule is Cc1cc(O)c(C=Nc2cccc(-c3nc4ncccc4[nH]3)c2)c(=O)o1. The van der Waals surface area contributed by atoms with Crippen molar-refractivity contribution in [3.8, 4) is 17.1 Å². The van der Waals surface area contributed by atoms with Gasteiger partial charge in [0, 0.05) is 24.0 Å². The van der Waals surface area contributed by atoms with E-state index in [2.05, 4.69) is 19.9 Å². The summed E-state index contributed by atoms with van der Waals surface area (Å²) in [5, 5.41) is 9.89. The van der Waals surface area contributed by atoms with Gasteiger partial charge in [-0.2, -0.15) is 0 Å². The number of aryl methyl sites for hydroxylation is 1. The van der Waals surface area contributed by atoms with Crippen LogP contribution in [0, 0.1) is 6.92 Å². The highest BCUT2D eigenvalue weighted by atomic mass is 16.4. The quantitative estimate of drug-likeness (QED) is 0.554. The van der Waals surface area contributed by atoms with Crippen molar-refractivity contribution in [3.63, 3.8) is 0 Å². The summed E-state index contributed by atoms with van der Waals surface area (Å²) in [6.07, 6.45) is 2.98. The maximum atomic E-state index is 11.8. The number of hydrogen-bond acceptors (Lipinski definition) is 6. The van der Waals surface area contributed by atoms with E-state index in [1.165, 1.54) is 12.3 Å². The molecule has 128 valence electrons. The minimum atomic E-state index is -0.634. The average molecular weight is 346 g/mol. The molecule has 0 aliphatic heterocycles. The van der Waals surface area contributed by atoms with Gasteiger partial charge in [0.1, 0.15) is 22.9 Å². The molecule has 0 amide bonds. The molecule has 26 heavy (non-hydrogen) atoms. The number of nitrogens with one attached hydrogen (secondary N) is 1. The van der Waals surface area contributed by atoms with Gasteiger partial charge in [-0.05, 0) is 31.2 Å². The van der Waals surface area contributed by atoms with Crippen molar-refractivity contribution in [2.24, 2.45) is 4.99 Å². The van der Waals surface area contributed by atoms with Gasteiger partial charge in [0.05, 0.1) is 11.2 Å². The summed E-state index contributed by atoms with van der Waals surface area (Å²) in [6, 6.07) is 12.5. The summed E-state index contributed by atoms with van der Waals surface area (Å²) in [4.78, 5) is 28.0. The Morgan fingerprint density at radius 3 is 2.92 bits per heavy atom. The van der Waals surface area contributed by atoms with Crippen molar-refractivity contribution in [2.75, 3.05) is 0 Å². The molecule has 0 unspecified atom stereocenters. The van der Waals surface area contributed by atoms with E-state index < -0.39 is 5.63 Å². The zero-order valence-corrected chi connectivity index (χ0v) is 13.8. The number of aromatic amines is 1. The van der Waals surface area contributed by atoms with Crippen LogP contribution in [0.15, 0.2) is 62.9 Å². The minimum absolute atomic E-state index is 0.00828. The number of benzene rings is 1. The van der Waals surface area contributed by atoms with Crippen LogP contribution in [-0.4, -0.2) is 26.3 Å². The van der Waals surface area contributed by atoms with E-state index in [0.717, 1.165) is 11.1 Å². The van der Waals surface area contributed by atoms with E-state index in [-0.39, 0.29) is 11.3 Å². The van der Waals surface area contributed by atoms with Crippen LogP contribution in [0.1, 0.15) is 11.3 Å². The summed E-state index contributed by atoms with van der Waals surface area (Å²) in [5.74, 6) is 0.848. The number of fused-ring (bicyclic) bond motifs is 1. The van der Waals surface area contributed by atoms with Crippen LogP contribution in [0.25, 0.3) is 22.6 Å². The van der Waals surface area contributed by atoms with E-state index in [9.17, 15) is 9.90 Å². The molecule has 4 rings (SSSR count). The van der Waals surface area contributed by atoms with Crippen LogP contribution >= 0.6 is 0 Å². The van der Waals surface area contributed by atoms with Gasteiger partial charge < -0.3 is 14.5 Å². The van der Waals surface area contributed by atoms with E-state index in [0.29, 0.717) is 22.9 Å². The van der Waals surface area contributed by atoms with Crippen LogP contribution in [0.4, 0.5) is 5.69 Å². The van der Waals surface area contributed by atoms with Gasteiger partial charge in [-0.3, -0.25) is 4.99 Å². The summed E-state index contributed by atoms with van der Waals surface area (Å²) in [5.41, 5.74) is 2.30. The third kappa shape index (κ3) is 2.98. The van der Waals surface area contributed by atoms with Crippen LogP contribution in [0.2, 0.25) is 0 Å². The van der Waals surface area contributed by atoms with Crippen LogP contribution < -0.4 is 5.63 Å². The lowest BCUT2D eigenvalue weighted by Crippen LogP contribution is -2.07. The second-order valence-electron chi connectivity index (χ2n) is 5.71. The van der Waals surface area contributed by atoms with Gasteiger partial charge >= 0.3 is 5.63 Å². The van der Waals surface area contributed by atoms with Crippen LogP contribution in [0.5, 0.6) is 5.75 Å². The van der Waals surface area contributed by atoms with Gasteiger partial charge in [0.25, 0.3) is 0 Å². The van der Waals surface area contributed by atoms with E-state index >= 15 is 0 Å². The van der Waals surface area contributed by atoms with E-state index in [1.54, 1.807) is 19.2 Å². The van der Waals surface area contributed by atoms with E-state index in [1.807, 2.05) is 30.3 Å². The maximum absolute atomic E-state index is 11.8. The number of imidazole rings is 1. The Labute approximate surface area is 147 Å². The number of aliphatic imine (C=N–C) groups is 1. The van der Waals surface area contributed by atoms with Crippen molar-refractivity contribution >= 4 is 23.1 Å². The monoisotopic (exact) mass is 346 g/mol. The molecule has 0 fully saturated rings. The Morgan fingerprint density at radius 1 is 1.23 bits per heavy atom. The molecule has 3 heterocycles. The van der Waals surface area contributed by atoms with Crippen molar-refractivity contribution in [2.45, 2.75) is 6.92 Å². The van der Waals surface area contributed by atoms with Crippen LogP contribution in [-0.2, 0) is 0 Å². The Balaban J connectivity index is 1.69. The first-order valence-corrected chi connectivity index (χ1v) is 7.89. The zero-order chi connectivity index (χ0) is 18.1. The standard InChI is InChI=1S/C19H14N4O3/c1-11-8-16(24)14(19(25)26-11)10-21-13-5-2-4-12(9-13)17-22-15-6-3-7-20-18(15)23-17/h2-10,24H,1H3,(H,20,22,23). The lowest BCUT2D eigenvalue weighted by atomic mass is 10.2. The lowest BCUT2D eigenvalue weighted by molar-refractivity contribution is 0.433. The van der Waals surface area contributed by atoms with Crippen molar-refractivity contribution in [1.82, 2.24) is 15.0 Å². The number of nitrogens with zero attached hydrogens (tertiary/aromatic N) is 3. The number of H-pyrrole nitrogens is 1. The molecule has 4 aromatic rings. The Morgan fingerprint density at radius 2 is 2.12 bits per heavy atom. The van der Waals surface area contributed by atoms with E-state index in [4.69, 9.17) is 4.42 Å². The molecule has 3 aromatic heterocycles. The smallest absolute Gasteiger partial charge is 0.348 e. The molecular weight excluding hydrogens is 332 g/mol. The highest BCUT2D eigenvalue weighted by Gasteiger charge is 2.08. The first-order chi connectivity index (χ1) is 12.6. The molecular formula is C19H14N4O3. The molecule has 0 aliphatic rings. The van der Waals surface area contributed by atoms with Crippen LogP contribution in [0.3, 0.4) is 0 Å². The summed E-state index contributed by atoms with van der Waals surface area (Å²) in [6.45, 7) is 1.59. The topological polar surface area (TPSA) is 104 Å². The number of aromatic nitrogens is 3. The average Bonchev–Trinajstić information content (AvgIpc) is 3.05. The molecule has 0 aliphatic carbocycles. The summed E-state index contributed by atoms with van der Waals surface area (Å²) in [7, 11) is 0. The molecule has 0 radical (unpaired) electrons. The third-order valence-electron chi connectivity index (χ3n) is 3.81. The van der Waals surface area contributed by atoms with Crippen molar-refractivity contribution in [1.29, 1.82) is 0 Å². The Kier molecular flexibility index (Phi) is 3.81. The first kappa shape index (κ1) is 15.8. The van der Waals surface area contributed by atoms with Gasteiger partial charge in [-0.15, -0.1) is 0 Å². The third-order valence-corrected chi connectivity index (χ3v) is 3.81. The van der Waals surface area contributed by atoms with Gasteiger partial charge in [0.2, 0.25) is 0 Å². The summed E-state index contributed by atoms with van der Waals surface area (Å²) < 4.78 is 4.98. The van der Waals surface area contributed by atoms with Crippen molar-refractivity contribution in [3.05, 3.63) is 70.4 Å².